The summed E-state index contributed by atoms with van der Waals surface area (Å²) in [6, 6.07) is 0.410. The molecule has 0 saturated heterocycles. The summed E-state index contributed by atoms with van der Waals surface area (Å²) in [6.07, 6.45) is 6.66. The first-order valence-corrected chi connectivity index (χ1v) is 11.1. The molecule has 158 valence electrons. The Morgan fingerprint density at radius 3 is 2.69 bits per heavy atom. The summed E-state index contributed by atoms with van der Waals surface area (Å²) in [6.45, 7) is 3.92. The summed E-state index contributed by atoms with van der Waals surface area (Å²) in [5, 5.41) is 3.33. The first kappa shape index (κ1) is 20.2. The van der Waals surface area contributed by atoms with Gasteiger partial charge in [-0.2, -0.15) is 9.97 Å². The van der Waals surface area contributed by atoms with Crippen LogP contribution in [0.5, 0.6) is 0 Å². The van der Waals surface area contributed by atoms with Crippen molar-refractivity contribution in [1.82, 2.24) is 19.5 Å². The summed E-state index contributed by atoms with van der Waals surface area (Å²) in [5.41, 5.74) is 7.10. The zero-order valence-corrected chi connectivity index (χ0v) is 17.2. The molecule has 0 aromatic carbocycles. The largest absolute Gasteiger partial charge is 0.474 e. The van der Waals surface area contributed by atoms with Crippen LogP contribution in [0.1, 0.15) is 32.9 Å². The van der Waals surface area contributed by atoms with Crippen LogP contribution in [0.15, 0.2) is 18.5 Å². The maximum atomic E-state index is 12.4. The van der Waals surface area contributed by atoms with Crippen molar-refractivity contribution in [1.29, 1.82) is 0 Å². The topological polar surface area (TPSA) is 136 Å². The van der Waals surface area contributed by atoms with Crippen molar-refractivity contribution in [3.05, 3.63) is 18.5 Å². The lowest BCUT2D eigenvalue weighted by atomic mass is 10.4. The highest BCUT2D eigenvalue weighted by molar-refractivity contribution is 7.48. The Kier molecular flexibility index (Phi) is 5.84. The highest BCUT2D eigenvalue weighted by Gasteiger charge is 2.30. The van der Waals surface area contributed by atoms with Crippen molar-refractivity contribution >= 4 is 30.8 Å². The SMILES string of the molecule is CCOP(=O)(OCC)OC[C@H]1C=C[C@@H](n2cnc3c(NC4CC4)nc(N)nc32)O1. The van der Waals surface area contributed by atoms with Gasteiger partial charge in [-0.05, 0) is 32.8 Å². The van der Waals surface area contributed by atoms with Crippen molar-refractivity contribution in [2.24, 2.45) is 0 Å². The third-order valence-electron chi connectivity index (χ3n) is 4.41. The van der Waals surface area contributed by atoms with Crippen LogP contribution in [-0.2, 0) is 22.9 Å². The quantitative estimate of drug-likeness (QED) is 0.433. The number of rotatable bonds is 10. The molecular formula is C17H25N6O5P. The fourth-order valence-electron chi connectivity index (χ4n) is 2.98. The minimum absolute atomic E-state index is 0.0303. The Bertz CT molecular complexity index is 936. The summed E-state index contributed by atoms with van der Waals surface area (Å²) < 4.78 is 35.8. The molecule has 2 aromatic rings. The Labute approximate surface area is 168 Å². The van der Waals surface area contributed by atoms with Crippen LogP contribution in [-0.4, -0.2) is 51.5 Å². The van der Waals surface area contributed by atoms with Gasteiger partial charge >= 0.3 is 7.82 Å². The van der Waals surface area contributed by atoms with Gasteiger partial charge in [-0.1, -0.05) is 6.08 Å². The van der Waals surface area contributed by atoms with Gasteiger partial charge in [-0.25, -0.2) is 9.55 Å². The van der Waals surface area contributed by atoms with E-state index >= 15 is 0 Å². The second-order valence-electron chi connectivity index (χ2n) is 6.70. The average Bonchev–Trinajstić information content (AvgIpc) is 3.20. The normalized spacial score (nSPS) is 21.9. The van der Waals surface area contributed by atoms with Crippen LogP contribution in [0, 0.1) is 0 Å². The number of nitrogens with two attached hydrogens (primary N) is 1. The number of anilines is 2. The number of aromatic nitrogens is 4. The van der Waals surface area contributed by atoms with Gasteiger partial charge in [0, 0.05) is 6.04 Å². The van der Waals surface area contributed by atoms with E-state index in [2.05, 4.69) is 20.3 Å². The third-order valence-corrected chi connectivity index (χ3v) is 6.02. The van der Waals surface area contributed by atoms with E-state index in [0.29, 0.717) is 23.0 Å². The Hall–Kier alpha value is -2.04. The van der Waals surface area contributed by atoms with Crippen molar-refractivity contribution in [3.63, 3.8) is 0 Å². The Balaban J connectivity index is 1.45. The second-order valence-corrected chi connectivity index (χ2v) is 8.37. The number of nitrogen functional groups attached to an aromatic ring is 1. The first-order chi connectivity index (χ1) is 14.0. The predicted molar refractivity (Wildman–Crippen MR) is 106 cm³/mol. The van der Waals surface area contributed by atoms with Gasteiger partial charge in [-0.15, -0.1) is 0 Å². The van der Waals surface area contributed by atoms with Gasteiger partial charge in [0.05, 0.1) is 26.1 Å². The lowest BCUT2D eigenvalue weighted by molar-refractivity contribution is -0.0107. The first-order valence-electron chi connectivity index (χ1n) is 9.65. The maximum Gasteiger partial charge on any atom is 0.474 e. The van der Waals surface area contributed by atoms with E-state index in [9.17, 15) is 4.57 Å². The second kappa shape index (κ2) is 8.37. The number of nitrogens with one attached hydrogen (secondary N) is 1. The summed E-state index contributed by atoms with van der Waals surface area (Å²) in [4.78, 5) is 13.0. The zero-order valence-electron chi connectivity index (χ0n) is 16.4. The molecule has 3 N–H and O–H groups in total. The minimum Gasteiger partial charge on any atom is -0.368 e. The monoisotopic (exact) mass is 424 g/mol. The number of fused-ring (bicyclic) bond motifs is 1. The molecule has 0 spiro atoms. The van der Waals surface area contributed by atoms with Crippen LogP contribution >= 0.6 is 7.82 Å². The van der Waals surface area contributed by atoms with Crippen molar-refractivity contribution < 1.29 is 22.9 Å². The van der Waals surface area contributed by atoms with Crippen LogP contribution < -0.4 is 11.1 Å². The average molecular weight is 424 g/mol. The molecule has 0 radical (unpaired) electrons. The van der Waals surface area contributed by atoms with E-state index in [-0.39, 0.29) is 25.8 Å². The number of hydrogen-bond donors (Lipinski definition) is 2. The predicted octanol–water partition coefficient (Wildman–Crippen LogP) is 2.63. The lowest BCUT2D eigenvalue weighted by Crippen LogP contribution is -2.18. The van der Waals surface area contributed by atoms with Crippen LogP contribution in [0.25, 0.3) is 11.2 Å². The lowest BCUT2D eigenvalue weighted by Gasteiger charge is -2.19. The molecule has 0 bridgehead atoms. The number of ether oxygens (including phenoxy) is 1. The molecule has 0 unspecified atom stereocenters. The van der Waals surface area contributed by atoms with Gasteiger partial charge in [-0.3, -0.25) is 18.1 Å². The third kappa shape index (κ3) is 4.59. The summed E-state index contributed by atoms with van der Waals surface area (Å²) in [5.74, 6) is 0.795. The van der Waals surface area contributed by atoms with E-state index in [1.165, 1.54) is 0 Å². The molecule has 3 heterocycles. The number of phosphoric acid groups is 1. The molecular weight excluding hydrogens is 399 g/mol. The molecule has 2 atom stereocenters. The van der Waals surface area contributed by atoms with Crippen molar-refractivity contribution in [2.45, 2.75) is 45.1 Å². The van der Waals surface area contributed by atoms with Crippen LogP contribution in [0.2, 0.25) is 0 Å². The molecule has 12 heteroatoms. The number of phosphoric ester groups is 1. The standard InChI is InChI=1S/C17H25N6O5P/c1-3-25-29(24,26-4-2)27-9-12-7-8-13(28-12)23-10-19-14-15(20-11-5-6-11)21-17(18)22-16(14)23/h7-8,10-13H,3-6,9H2,1-2H3,(H3,18,20,21,22)/t12-,13+/m1/s1. The fourth-order valence-corrected chi connectivity index (χ4v) is 4.16. The summed E-state index contributed by atoms with van der Waals surface area (Å²) >= 11 is 0. The number of imidazole rings is 1. The summed E-state index contributed by atoms with van der Waals surface area (Å²) in [7, 11) is -3.59. The van der Waals surface area contributed by atoms with Gasteiger partial charge in [0.15, 0.2) is 23.2 Å². The molecule has 29 heavy (non-hydrogen) atoms. The van der Waals surface area contributed by atoms with E-state index in [0.717, 1.165) is 12.8 Å². The van der Waals surface area contributed by atoms with Crippen LogP contribution in [0.4, 0.5) is 11.8 Å². The maximum absolute atomic E-state index is 12.4. The number of nitrogens with zero attached hydrogens (tertiary/aromatic N) is 4. The molecule has 1 aliphatic heterocycles. The van der Waals surface area contributed by atoms with Gasteiger partial charge in [0.2, 0.25) is 5.95 Å². The Morgan fingerprint density at radius 1 is 1.24 bits per heavy atom. The van der Waals surface area contributed by atoms with E-state index in [1.807, 2.05) is 12.2 Å². The van der Waals surface area contributed by atoms with Gasteiger partial charge in [0.25, 0.3) is 0 Å². The van der Waals surface area contributed by atoms with Crippen molar-refractivity contribution in [3.8, 4) is 0 Å². The zero-order chi connectivity index (χ0) is 20.4. The molecule has 1 aliphatic carbocycles. The number of hydrogen-bond acceptors (Lipinski definition) is 10. The van der Waals surface area contributed by atoms with Crippen molar-refractivity contribution in [2.75, 3.05) is 30.9 Å². The minimum atomic E-state index is -3.59. The van der Waals surface area contributed by atoms with E-state index in [1.54, 1.807) is 24.7 Å². The van der Waals surface area contributed by atoms with Gasteiger partial charge < -0.3 is 15.8 Å². The molecule has 2 aliphatic rings. The fraction of sp³-hybridized carbons (Fsp3) is 0.588. The Morgan fingerprint density at radius 2 is 2.00 bits per heavy atom. The highest BCUT2D eigenvalue weighted by atomic mass is 31.2. The molecule has 1 saturated carbocycles. The molecule has 11 nitrogen and oxygen atoms in total. The highest BCUT2D eigenvalue weighted by Crippen LogP contribution is 2.49. The van der Waals surface area contributed by atoms with E-state index < -0.39 is 20.2 Å². The molecule has 0 amide bonds. The van der Waals surface area contributed by atoms with Crippen LogP contribution in [0.3, 0.4) is 0 Å². The van der Waals surface area contributed by atoms with Gasteiger partial charge in [0.1, 0.15) is 6.10 Å². The molecule has 1 fully saturated rings. The smallest absolute Gasteiger partial charge is 0.368 e. The molecule has 4 rings (SSSR count). The molecule has 2 aromatic heterocycles. The van der Waals surface area contributed by atoms with E-state index in [4.69, 9.17) is 24.0 Å².